The minimum absolute atomic E-state index is 0.179. The average molecular weight is 406 g/mol. The Balaban J connectivity index is 1.51. The standard InChI is InChI=1S/C21H20F2O6/c1-27-15-7-9-17(19(23)11-15)21(26)29-14-5-3-13(4-6-14)28-20(25)16-8-2-12(24)10-18(16)22/h2,7-11,13-14,24H,3-6H2,1H3/t13-,14-. The fraction of sp³-hybridized carbons (Fsp3) is 0.333. The summed E-state index contributed by atoms with van der Waals surface area (Å²) in [6, 6.07) is 7.08. The van der Waals surface area contributed by atoms with Gasteiger partial charge >= 0.3 is 11.9 Å². The van der Waals surface area contributed by atoms with Crippen LogP contribution in [0.3, 0.4) is 0 Å². The van der Waals surface area contributed by atoms with Crippen molar-refractivity contribution in [2.45, 2.75) is 37.9 Å². The van der Waals surface area contributed by atoms with Gasteiger partial charge < -0.3 is 19.3 Å². The normalized spacial score (nSPS) is 18.7. The molecular weight excluding hydrogens is 386 g/mol. The van der Waals surface area contributed by atoms with Crippen LogP contribution >= 0.6 is 0 Å². The van der Waals surface area contributed by atoms with Gasteiger partial charge in [-0.15, -0.1) is 0 Å². The quantitative estimate of drug-likeness (QED) is 0.756. The highest BCUT2D eigenvalue weighted by Crippen LogP contribution is 2.27. The van der Waals surface area contributed by atoms with Gasteiger partial charge in [-0.25, -0.2) is 18.4 Å². The van der Waals surface area contributed by atoms with Gasteiger partial charge in [0, 0.05) is 12.1 Å². The highest BCUT2D eigenvalue weighted by atomic mass is 19.1. The Labute approximate surface area is 166 Å². The van der Waals surface area contributed by atoms with E-state index in [2.05, 4.69) is 0 Å². The molecular formula is C21H20F2O6. The van der Waals surface area contributed by atoms with Crippen molar-refractivity contribution in [3.8, 4) is 11.5 Å². The average Bonchev–Trinajstić information content (AvgIpc) is 2.69. The van der Waals surface area contributed by atoms with Crippen LogP contribution in [0.15, 0.2) is 36.4 Å². The molecule has 0 aromatic heterocycles. The van der Waals surface area contributed by atoms with Crippen molar-refractivity contribution < 1.29 is 37.7 Å². The number of aromatic hydroxyl groups is 1. The molecule has 1 N–H and O–H groups in total. The number of carbonyl (C=O) groups is 2. The van der Waals surface area contributed by atoms with Crippen LogP contribution in [0.5, 0.6) is 11.5 Å². The molecule has 6 nitrogen and oxygen atoms in total. The number of benzene rings is 2. The number of halogens is 2. The second kappa shape index (κ2) is 8.89. The van der Waals surface area contributed by atoms with Gasteiger partial charge in [-0.1, -0.05) is 0 Å². The van der Waals surface area contributed by atoms with E-state index in [1.165, 1.54) is 25.3 Å². The molecule has 2 aromatic carbocycles. The number of phenols is 1. The molecule has 0 radical (unpaired) electrons. The minimum Gasteiger partial charge on any atom is -0.508 e. The molecule has 0 unspecified atom stereocenters. The first-order valence-corrected chi connectivity index (χ1v) is 9.11. The minimum atomic E-state index is -0.862. The van der Waals surface area contributed by atoms with Crippen LogP contribution in [-0.4, -0.2) is 36.4 Å². The van der Waals surface area contributed by atoms with E-state index in [9.17, 15) is 23.5 Å². The van der Waals surface area contributed by atoms with Crippen molar-refractivity contribution in [2.24, 2.45) is 0 Å². The monoisotopic (exact) mass is 406 g/mol. The SMILES string of the molecule is COc1ccc(C(=O)O[C@H]2CC[C@H](OC(=O)c3ccc(O)cc3F)CC2)c(F)c1. The zero-order valence-corrected chi connectivity index (χ0v) is 15.7. The molecule has 8 heteroatoms. The Kier molecular flexibility index (Phi) is 6.31. The van der Waals surface area contributed by atoms with E-state index in [0.717, 1.165) is 18.2 Å². The fourth-order valence-corrected chi connectivity index (χ4v) is 3.16. The first kappa shape index (κ1) is 20.6. The van der Waals surface area contributed by atoms with Crippen LogP contribution in [0, 0.1) is 11.6 Å². The van der Waals surface area contributed by atoms with Gasteiger partial charge in [-0.3, -0.25) is 0 Å². The number of hydrogen-bond acceptors (Lipinski definition) is 6. The van der Waals surface area contributed by atoms with Gasteiger partial charge in [0.25, 0.3) is 0 Å². The van der Waals surface area contributed by atoms with Crippen LogP contribution in [0.4, 0.5) is 8.78 Å². The molecule has 3 rings (SSSR count). The van der Waals surface area contributed by atoms with Crippen LogP contribution < -0.4 is 4.74 Å². The van der Waals surface area contributed by atoms with Crippen molar-refractivity contribution in [1.29, 1.82) is 0 Å². The first-order valence-electron chi connectivity index (χ1n) is 9.11. The topological polar surface area (TPSA) is 82.1 Å². The molecule has 29 heavy (non-hydrogen) atoms. The highest BCUT2D eigenvalue weighted by molar-refractivity contribution is 5.90. The second-order valence-electron chi connectivity index (χ2n) is 6.72. The van der Waals surface area contributed by atoms with E-state index in [1.807, 2.05) is 0 Å². The van der Waals surface area contributed by atoms with Gasteiger partial charge in [0.05, 0.1) is 18.2 Å². The number of hydrogen-bond donors (Lipinski definition) is 1. The highest BCUT2D eigenvalue weighted by Gasteiger charge is 2.28. The Morgan fingerprint density at radius 2 is 1.34 bits per heavy atom. The Hall–Kier alpha value is -3.16. The summed E-state index contributed by atoms with van der Waals surface area (Å²) in [5.41, 5.74) is -0.437. The van der Waals surface area contributed by atoms with E-state index in [0.29, 0.717) is 31.4 Å². The lowest BCUT2D eigenvalue weighted by atomic mass is 9.94. The van der Waals surface area contributed by atoms with Crippen LogP contribution in [0.25, 0.3) is 0 Å². The molecule has 1 saturated carbocycles. The van der Waals surface area contributed by atoms with Crippen molar-refractivity contribution in [3.05, 3.63) is 59.2 Å². The number of ether oxygens (including phenoxy) is 3. The molecule has 1 fully saturated rings. The van der Waals surface area contributed by atoms with E-state index in [4.69, 9.17) is 14.2 Å². The maximum Gasteiger partial charge on any atom is 0.341 e. The Morgan fingerprint density at radius 1 is 0.862 bits per heavy atom. The third-order valence-electron chi connectivity index (χ3n) is 4.74. The van der Waals surface area contributed by atoms with Gasteiger partial charge in [0.2, 0.25) is 0 Å². The third-order valence-corrected chi connectivity index (χ3v) is 4.74. The summed E-state index contributed by atoms with van der Waals surface area (Å²) in [6.45, 7) is 0. The van der Waals surface area contributed by atoms with E-state index in [-0.39, 0.29) is 16.9 Å². The molecule has 0 aliphatic heterocycles. The first-order chi connectivity index (χ1) is 13.9. The molecule has 154 valence electrons. The number of methoxy groups -OCH3 is 1. The molecule has 0 bridgehead atoms. The summed E-state index contributed by atoms with van der Waals surface area (Å²) in [6.07, 6.45) is 0.842. The van der Waals surface area contributed by atoms with E-state index < -0.39 is 35.8 Å². The summed E-state index contributed by atoms with van der Waals surface area (Å²) in [7, 11) is 1.40. The van der Waals surface area contributed by atoms with Gasteiger partial charge in [-0.05, 0) is 49.9 Å². The largest absolute Gasteiger partial charge is 0.508 e. The lowest BCUT2D eigenvalue weighted by Gasteiger charge is -2.28. The number of rotatable bonds is 5. The Bertz CT molecular complexity index is 906. The zero-order valence-electron chi connectivity index (χ0n) is 15.7. The summed E-state index contributed by atoms with van der Waals surface area (Å²) in [4.78, 5) is 24.3. The summed E-state index contributed by atoms with van der Waals surface area (Å²) < 4.78 is 43.3. The molecule has 0 amide bonds. The predicted octanol–water partition coefficient (Wildman–Crippen LogP) is 4.00. The lowest BCUT2D eigenvalue weighted by molar-refractivity contribution is -0.0113. The summed E-state index contributed by atoms with van der Waals surface area (Å²) in [5.74, 6) is -3.16. The maximum absolute atomic E-state index is 14.0. The number of phenolic OH excluding ortho intramolecular Hbond substituents is 1. The number of esters is 2. The zero-order chi connectivity index (χ0) is 21.0. The van der Waals surface area contributed by atoms with Gasteiger partial charge in [-0.2, -0.15) is 0 Å². The van der Waals surface area contributed by atoms with Crippen molar-refractivity contribution in [2.75, 3.05) is 7.11 Å². The summed E-state index contributed by atoms with van der Waals surface area (Å²) in [5, 5.41) is 9.20. The lowest BCUT2D eigenvalue weighted by Crippen LogP contribution is -2.30. The molecule has 0 saturated heterocycles. The molecule has 0 spiro atoms. The maximum atomic E-state index is 14.0. The predicted molar refractivity (Wildman–Crippen MR) is 97.9 cm³/mol. The third kappa shape index (κ3) is 5.01. The summed E-state index contributed by atoms with van der Waals surface area (Å²) >= 11 is 0. The van der Waals surface area contributed by atoms with Crippen LogP contribution in [0.2, 0.25) is 0 Å². The van der Waals surface area contributed by atoms with Gasteiger partial charge in [0.15, 0.2) is 0 Å². The molecule has 1 aliphatic rings. The molecule has 0 atom stereocenters. The van der Waals surface area contributed by atoms with Crippen molar-refractivity contribution in [3.63, 3.8) is 0 Å². The molecule has 0 heterocycles. The van der Waals surface area contributed by atoms with Crippen molar-refractivity contribution in [1.82, 2.24) is 0 Å². The number of carbonyl (C=O) groups excluding carboxylic acids is 2. The van der Waals surface area contributed by atoms with Crippen LogP contribution in [0.1, 0.15) is 46.4 Å². The van der Waals surface area contributed by atoms with Crippen molar-refractivity contribution >= 4 is 11.9 Å². The Morgan fingerprint density at radius 3 is 1.79 bits per heavy atom. The van der Waals surface area contributed by atoms with Crippen LogP contribution in [-0.2, 0) is 9.47 Å². The van der Waals surface area contributed by atoms with E-state index in [1.54, 1.807) is 0 Å². The molecule has 1 aliphatic carbocycles. The fourth-order valence-electron chi connectivity index (χ4n) is 3.16. The molecule has 2 aromatic rings. The van der Waals surface area contributed by atoms with E-state index >= 15 is 0 Å². The second-order valence-corrected chi connectivity index (χ2v) is 6.72. The van der Waals surface area contributed by atoms with Gasteiger partial charge in [0.1, 0.15) is 35.3 Å². The smallest absolute Gasteiger partial charge is 0.341 e.